The molecule has 1 aromatic rings. The third kappa shape index (κ3) is 3.66. The molecule has 6 heteroatoms. The maximum atomic E-state index is 10.9. The van der Waals surface area contributed by atoms with Crippen LogP contribution in [0.2, 0.25) is 0 Å². The molecule has 0 saturated carbocycles. The highest BCUT2D eigenvalue weighted by Crippen LogP contribution is 2.18. The third-order valence-electron chi connectivity index (χ3n) is 3.47. The molecule has 0 atom stereocenters. The van der Waals surface area contributed by atoms with Crippen molar-refractivity contribution in [3.63, 3.8) is 0 Å². The van der Waals surface area contributed by atoms with Crippen LogP contribution < -0.4 is 10.2 Å². The Balaban J connectivity index is 1.95. The molecule has 0 aliphatic carbocycles. The number of piperazine rings is 1. The van der Waals surface area contributed by atoms with Gasteiger partial charge in [0, 0.05) is 38.6 Å². The fourth-order valence-corrected chi connectivity index (χ4v) is 2.33. The number of carbonyl (C=O) groups excluding carboxylic acids is 1. The lowest BCUT2D eigenvalue weighted by Crippen LogP contribution is -2.53. The maximum absolute atomic E-state index is 10.9. The molecule has 1 aromatic heterocycles. The van der Waals surface area contributed by atoms with E-state index in [2.05, 4.69) is 45.9 Å². The summed E-state index contributed by atoms with van der Waals surface area (Å²) in [6.45, 7) is 12.1. The summed E-state index contributed by atoms with van der Waals surface area (Å²) in [5.74, 6) is 0.618. The zero-order chi connectivity index (χ0) is 14.8. The van der Waals surface area contributed by atoms with Gasteiger partial charge in [0.15, 0.2) is 0 Å². The van der Waals surface area contributed by atoms with Crippen LogP contribution >= 0.6 is 0 Å². The first-order valence-electron chi connectivity index (χ1n) is 6.96. The molecule has 1 saturated heterocycles. The molecular weight excluding hydrogens is 254 g/mol. The average molecular weight is 277 g/mol. The van der Waals surface area contributed by atoms with E-state index >= 15 is 0 Å². The van der Waals surface area contributed by atoms with Gasteiger partial charge in [-0.1, -0.05) is 0 Å². The van der Waals surface area contributed by atoms with Crippen LogP contribution in [0.5, 0.6) is 0 Å². The van der Waals surface area contributed by atoms with E-state index in [1.807, 2.05) is 0 Å². The van der Waals surface area contributed by atoms with Crippen LogP contribution in [-0.4, -0.2) is 52.5 Å². The standard InChI is InChI=1S/C14H23N5O/c1-11(20)17-12-9-15-13(16-10-12)18-5-7-19(8-6-18)14(2,3)4/h9-10H,5-8H2,1-4H3,(H,17,20). The quantitative estimate of drug-likeness (QED) is 0.884. The van der Waals surface area contributed by atoms with Gasteiger partial charge < -0.3 is 10.2 Å². The average Bonchev–Trinajstić information content (AvgIpc) is 2.38. The van der Waals surface area contributed by atoms with Crippen molar-refractivity contribution in [2.24, 2.45) is 0 Å². The maximum Gasteiger partial charge on any atom is 0.225 e. The highest BCUT2D eigenvalue weighted by molar-refractivity contribution is 5.88. The summed E-state index contributed by atoms with van der Waals surface area (Å²) >= 11 is 0. The molecule has 0 unspecified atom stereocenters. The minimum absolute atomic E-state index is 0.111. The lowest BCUT2D eigenvalue weighted by atomic mass is 10.1. The van der Waals surface area contributed by atoms with Gasteiger partial charge in [0.25, 0.3) is 0 Å². The second-order valence-electron chi connectivity index (χ2n) is 6.10. The van der Waals surface area contributed by atoms with Crippen LogP contribution in [0, 0.1) is 0 Å². The summed E-state index contributed by atoms with van der Waals surface area (Å²) in [4.78, 5) is 24.2. The van der Waals surface area contributed by atoms with E-state index in [1.165, 1.54) is 6.92 Å². The number of hydrogen-bond donors (Lipinski definition) is 1. The molecule has 0 spiro atoms. The molecule has 0 aromatic carbocycles. The van der Waals surface area contributed by atoms with Gasteiger partial charge in [-0.3, -0.25) is 9.69 Å². The number of rotatable bonds is 2. The van der Waals surface area contributed by atoms with E-state index in [9.17, 15) is 4.79 Å². The van der Waals surface area contributed by atoms with Crippen LogP contribution in [0.25, 0.3) is 0 Å². The zero-order valence-electron chi connectivity index (χ0n) is 12.7. The summed E-state index contributed by atoms with van der Waals surface area (Å²) in [6, 6.07) is 0. The van der Waals surface area contributed by atoms with Gasteiger partial charge in [0.05, 0.1) is 18.1 Å². The second kappa shape index (κ2) is 5.75. The Labute approximate surface area is 120 Å². The van der Waals surface area contributed by atoms with E-state index in [4.69, 9.17) is 0 Å². The molecule has 1 aliphatic rings. The van der Waals surface area contributed by atoms with Crippen LogP contribution in [0.4, 0.5) is 11.6 Å². The fraction of sp³-hybridized carbons (Fsp3) is 0.643. The van der Waals surface area contributed by atoms with Crippen LogP contribution in [0.1, 0.15) is 27.7 Å². The first-order chi connectivity index (χ1) is 9.36. The van der Waals surface area contributed by atoms with E-state index in [0.29, 0.717) is 5.69 Å². The van der Waals surface area contributed by atoms with Gasteiger partial charge in [-0.2, -0.15) is 0 Å². The van der Waals surface area contributed by atoms with E-state index < -0.39 is 0 Å². The Kier molecular flexibility index (Phi) is 4.23. The summed E-state index contributed by atoms with van der Waals surface area (Å²) in [6.07, 6.45) is 3.31. The highest BCUT2D eigenvalue weighted by Gasteiger charge is 2.26. The number of hydrogen-bond acceptors (Lipinski definition) is 5. The Morgan fingerprint density at radius 3 is 2.15 bits per heavy atom. The first kappa shape index (κ1) is 14.7. The van der Waals surface area contributed by atoms with E-state index in [-0.39, 0.29) is 11.4 Å². The molecule has 1 fully saturated rings. The van der Waals surface area contributed by atoms with Gasteiger partial charge in [-0.15, -0.1) is 0 Å². The SMILES string of the molecule is CC(=O)Nc1cnc(N2CCN(C(C)(C)C)CC2)nc1. The molecule has 20 heavy (non-hydrogen) atoms. The molecule has 6 nitrogen and oxygen atoms in total. The number of nitrogens with one attached hydrogen (secondary N) is 1. The second-order valence-corrected chi connectivity index (χ2v) is 6.10. The van der Waals surface area contributed by atoms with Crippen LogP contribution in [0.15, 0.2) is 12.4 Å². The molecule has 1 N–H and O–H groups in total. The number of carbonyl (C=O) groups is 1. The lowest BCUT2D eigenvalue weighted by Gasteiger charge is -2.42. The normalized spacial score (nSPS) is 17.1. The predicted molar refractivity (Wildman–Crippen MR) is 79.9 cm³/mol. The van der Waals surface area contributed by atoms with Gasteiger partial charge in [0.1, 0.15) is 0 Å². The largest absolute Gasteiger partial charge is 0.338 e. The van der Waals surface area contributed by atoms with Crippen molar-refractivity contribution in [1.29, 1.82) is 0 Å². The van der Waals surface area contributed by atoms with E-state index in [1.54, 1.807) is 12.4 Å². The third-order valence-corrected chi connectivity index (χ3v) is 3.47. The topological polar surface area (TPSA) is 61.4 Å². The van der Waals surface area contributed by atoms with Crippen molar-refractivity contribution in [2.75, 3.05) is 36.4 Å². The van der Waals surface area contributed by atoms with Gasteiger partial charge >= 0.3 is 0 Å². The zero-order valence-corrected chi connectivity index (χ0v) is 12.7. The molecule has 110 valence electrons. The molecule has 2 heterocycles. The molecule has 0 radical (unpaired) electrons. The Bertz CT molecular complexity index is 457. The summed E-state index contributed by atoms with van der Waals surface area (Å²) in [7, 11) is 0. The smallest absolute Gasteiger partial charge is 0.225 e. The molecule has 0 bridgehead atoms. The van der Waals surface area contributed by atoms with Crippen molar-refractivity contribution in [2.45, 2.75) is 33.2 Å². The van der Waals surface area contributed by atoms with Gasteiger partial charge in [-0.05, 0) is 20.8 Å². The van der Waals surface area contributed by atoms with Gasteiger partial charge in [-0.25, -0.2) is 9.97 Å². The number of aromatic nitrogens is 2. The van der Waals surface area contributed by atoms with Crippen molar-refractivity contribution in [3.8, 4) is 0 Å². The predicted octanol–water partition coefficient (Wildman–Crippen LogP) is 1.36. The first-order valence-corrected chi connectivity index (χ1v) is 6.96. The van der Waals surface area contributed by atoms with E-state index in [0.717, 1.165) is 32.1 Å². The van der Waals surface area contributed by atoms with Crippen molar-refractivity contribution in [3.05, 3.63) is 12.4 Å². The molecule has 2 rings (SSSR count). The Morgan fingerprint density at radius 2 is 1.70 bits per heavy atom. The van der Waals surface area contributed by atoms with Crippen molar-refractivity contribution in [1.82, 2.24) is 14.9 Å². The molecular formula is C14H23N5O. The molecule has 1 amide bonds. The number of anilines is 2. The fourth-order valence-electron chi connectivity index (χ4n) is 2.33. The number of amides is 1. The Morgan fingerprint density at radius 1 is 1.15 bits per heavy atom. The lowest BCUT2D eigenvalue weighted by molar-refractivity contribution is -0.114. The van der Waals surface area contributed by atoms with Crippen molar-refractivity contribution < 1.29 is 4.79 Å². The number of nitrogens with zero attached hydrogens (tertiary/aromatic N) is 4. The molecule has 1 aliphatic heterocycles. The van der Waals surface area contributed by atoms with Crippen LogP contribution in [-0.2, 0) is 4.79 Å². The summed E-state index contributed by atoms with van der Waals surface area (Å²) in [5.41, 5.74) is 0.844. The monoisotopic (exact) mass is 277 g/mol. The summed E-state index contributed by atoms with van der Waals surface area (Å²) < 4.78 is 0. The Hall–Kier alpha value is -1.69. The minimum atomic E-state index is -0.111. The van der Waals surface area contributed by atoms with Gasteiger partial charge in [0.2, 0.25) is 11.9 Å². The minimum Gasteiger partial charge on any atom is -0.338 e. The summed E-state index contributed by atoms with van der Waals surface area (Å²) in [5, 5.41) is 2.67. The van der Waals surface area contributed by atoms with Crippen molar-refractivity contribution >= 4 is 17.5 Å². The highest BCUT2D eigenvalue weighted by atomic mass is 16.1. The van der Waals surface area contributed by atoms with Crippen LogP contribution in [0.3, 0.4) is 0 Å².